The lowest BCUT2D eigenvalue weighted by Gasteiger charge is -2.22. The zero-order valence-corrected chi connectivity index (χ0v) is 16.4. The van der Waals surface area contributed by atoms with E-state index in [1.54, 1.807) is 17.0 Å². The van der Waals surface area contributed by atoms with Gasteiger partial charge in [-0.2, -0.15) is 0 Å². The molecule has 0 saturated heterocycles. The number of halogens is 2. The Hall–Kier alpha value is -2.64. The highest BCUT2D eigenvalue weighted by molar-refractivity contribution is 5.85. The van der Waals surface area contributed by atoms with Gasteiger partial charge in [0.1, 0.15) is 5.82 Å². The van der Waals surface area contributed by atoms with E-state index in [0.717, 1.165) is 17.5 Å². The quantitative estimate of drug-likeness (QED) is 0.593. The molecule has 0 spiro atoms. The number of benzene rings is 2. The van der Waals surface area contributed by atoms with Crippen LogP contribution in [-0.2, 0) is 17.8 Å². The summed E-state index contributed by atoms with van der Waals surface area (Å²) < 4.78 is 12.9. The predicted octanol–water partition coefficient (Wildman–Crippen LogP) is 2.08. The second kappa shape index (κ2) is 12.7. The zero-order chi connectivity index (χ0) is 19.5. The summed E-state index contributed by atoms with van der Waals surface area (Å²) in [6.07, 6.45) is 0.726. The molecule has 0 bridgehead atoms. The summed E-state index contributed by atoms with van der Waals surface area (Å²) in [7, 11) is 0. The summed E-state index contributed by atoms with van der Waals surface area (Å²) in [5.74, 6) is -0.516. The van der Waals surface area contributed by atoms with E-state index in [2.05, 4.69) is 10.6 Å². The minimum atomic E-state index is -0.455. The number of hydrogen-bond donors (Lipinski definition) is 3. The molecule has 152 valence electrons. The van der Waals surface area contributed by atoms with Gasteiger partial charge in [0.05, 0.1) is 6.54 Å². The van der Waals surface area contributed by atoms with Gasteiger partial charge in [0.25, 0.3) is 0 Å². The molecule has 4 N–H and O–H groups in total. The lowest BCUT2D eigenvalue weighted by atomic mass is 10.1. The fourth-order valence-corrected chi connectivity index (χ4v) is 2.54. The van der Waals surface area contributed by atoms with E-state index >= 15 is 0 Å². The molecule has 0 unspecified atom stereocenters. The molecule has 28 heavy (non-hydrogen) atoms. The highest BCUT2D eigenvalue weighted by Crippen LogP contribution is 2.03. The first-order valence-corrected chi connectivity index (χ1v) is 8.86. The van der Waals surface area contributed by atoms with Gasteiger partial charge in [-0.25, -0.2) is 9.18 Å². The lowest BCUT2D eigenvalue weighted by molar-refractivity contribution is -0.129. The second-order valence-electron chi connectivity index (χ2n) is 6.07. The number of amides is 3. The summed E-state index contributed by atoms with van der Waals surface area (Å²) in [4.78, 5) is 25.9. The van der Waals surface area contributed by atoms with Crippen molar-refractivity contribution in [1.29, 1.82) is 0 Å². The molecule has 2 rings (SSSR count). The van der Waals surface area contributed by atoms with Crippen LogP contribution in [0.2, 0.25) is 0 Å². The number of rotatable bonds is 9. The number of carbonyl (C=O) groups is 2. The molecule has 0 atom stereocenters. The third-order valence-corrected chi connectivity index (χ3v) is 4.03. The average molecular weight is 409 g/mol. The first-order valence-electron chi connectivity index (χ1n) is 8.86. The third-order valence-electron chi connectivity index (χ3n) is 4.03. The Morgan fingerprint density at radius 3 is 2.25 bits per heavy atom. The van der Waals surface area contributed by atoms with Crippen LogP contribution in [-0.4, -0.2) is 43.0 Å². The van der Waals surface area contributed by atoms with Crippen LogP contribution < -0.4 is 16.4 Å². The molecule has 8 heteroatoms. The maximum absolute atomic E-state index is 12.9. The Bertz CT molecular complexity index is 729. The molecule has 0 saturated carbocycles. The van der Waals surface area contributed by atoms with Crippen molar-refractivity contribution < 1.29 is 14.0 Å². The van der Waals surface area contributed by atoms with E-state index in [1.165, 1.54) is 12.1 Å². The second-order valence-corrected chi connectivity index (χ2v) is 6.07. The molecule has 3 amide bonds. The van der Waals surface area contributed by atoms with Gasteiger partial charge in [0.15, 0.2) is 0 Å². The van der Waals surface area contributed by atoms with E-state index in [1.807, 2.05) is 30.3 Å². The van der Waals surface area contributed by atoms with Crippen molar-refractivity contribution in [3.63, 3.8) is 0 Å². The number of carbonyl (C=O) groups excluding carboxylic acids is 2. The molecular formula is C20H26ClFN4O2. The lowest BCUT2D eigenvalue weighted by Crippen LogP contribution is -2.45. The molecule has 0 radical (unpaired) electrons. The molecule has 6 nitrogen and oxygen atoms in total. The standard InChI is InChI=1S/C20H25FN4O2.ClH/c21-18-8-6-17(7-9-18)14-23-20(27)24-15-19(26)25(13-11-22)12-10-16-4-2-1-3-5-16;/h1-9H,10-15,22H2,(H2,23,24,27);1H. The number of nitrogens with one attached hydrogen (secondary N) is 2. The Kier molecular flexibility index (Phi) is 10.6. The minimum absolute atomic E-state index is 0. The van der Waals surface area contributed by atoms with Crippen LogP contribution in [0.3, 0.4) is 0 Å². The van der Waals surface area contributed by atoms with Gasteiger partial charge in [-0.3, -0.25) is 4.79 Å². The highest BCUT2D eigenvalue weighted by Gasteiger charge is 2.13. The van der Waals surface area contributed by atoms with Crippen LogP contribution in [0.4, 0.5) is 9.18 Å². The maximum Gasteiger partial charge on any atom is 0.315 e. The van der Waals surface area contributed by atoms with Gasteiger partial charge in [-0.05, 0) is 29.7 Å². The van der Waals surface area contributed by atoms with Crippen molar-refractivity contribution >= 4 is 24.3 Å². The Morgan fingerprint density at radius 1 is 0.929 bits per heavy atom. The smallest absolute Gasteiger partial charge is 0.315 e. The number of hydrogen-bond acceptors (Lipinski definition) is 3. The fraction of sp³-hybridized carbons (Fsp3) is 0.300. The summed E-state index contributed by atoms with van der Waals surface area (Å²) in [5, 5.41) is 5.18. The zero-order valence-electron chi connectivity index (χ0n) is 15.6. The van der Waals surface area contributed by atoms with Crippen molar-refractivity contribution in [3.05, 3.63) is 71.5 Å². The highest BCUT2D eigenvalue weighted by atomic mass is 35.5. The molecule has 2 aromatic carbocycles. The van der Waals surface area contributed by atoms with Crippen LogP contribution in [0.5, 0.6) is 0 Å². The van der Waals surface area contributed by atoms with E-state index in [-0.39, 0.29) is 37.2 Å². The number of urea groups is 1. The normalized spacial score (nSPS) is 9.93. The van der Waals surface area contributed by atoms with Crippen LogP contribution in [0.1, 0.15) is 11.1 Å². The van der Waals surface area contributed by atoms with Gasteiger partial charge >= 0.3 is 6.03 Å². The van der Waals surface area contributed by atoms with Gasteiger partial charge in [-0.15, -0.1) is 12.4 Å². The van der Waals surface area contributed by atoms with Crippen molar-refractivity contribution in [3.8, 4) is 0 Å². The van der Waals surface area contributed by atoms with E-state index in [9.17, 15) is 14.0 Å². The molecule has 0 aromatic heterocycles. The first-order chi connectivity index (χ1) is 13.1. The first kappa shape index (κ1) is 23.4. The summed E-state index contributed by atoms with van der Waals surface area (Å²) in [6, 6.07) is 15.3. The fourth-order valence-electron chi connectivity index (χ4n) is 2.54. The topological polar surface area (TPSA) is 87.5 Å². The molecule has 2 aromatic rings. The van der Waals surface area contributed by atoms with Crippen molar-refractivity contribution in [2.24, 2.45) is 5.73 Å². The van der Waals surface area contributed by atoms with Gasteiger partial charge < -0.3 is 21.3 Å². The molecule has 0 heterocycles. The SMILES string of the molecule is Cl.NCCN(CCc1ccccc1)C(=O)CNC(=O)NCc1ccc(F)cc1. The van der Waals surface area contributed by atoms with Gasteiger partial charge in [0, 0.05) is 26.2 Å². The van der Waals surface area contributed by atoms with Crippen LogP contribution in [0.15, 0.2) is 54.6 Å². The molecule has 0 aliphatic carbocycles. The molecule has 0 aliphatic rings. The summed E-state index contributed by atoms with van der Waals surface area (Å²) >= 11 is 0. The van der Waals surface area contributed by atoms with Crippen LogP contribution >= 0.6 is 12.4 Å². The largest absolute Gasteiger partial charge is 0.340 e. The van der Waals surface area contributed by atoms with Crippen LogP contribution in [0.25, 0.3) is 0 Å². The Labute approximate surface area is 170 Å². The molecule has 0 fully saturated rings. The molecule has 0 aliphatic heterocycles. The Balaban J connectivity index is 0.00000392. The van der Waals surface area contributed by atoms with Crippen molar-refractivity contribution in [2.75, 3.05) is 26.2 Å². The van der Waals surface area contributed by atoms with E-state index in [0.29, 0.717) is 19.6 Å². The predicted molar refractivity (Wildman–Crippen MR) is 110 cm³/mol. The number of nitrogens with zero attached hydrogens (tertiary/aromatic N) is 1. The Morgan fingerprint density at radius 2 is 1.61 bits per heavy atom. The average Bonchev–Trinajstić information content (AvgIpc) is 2.69. The molecular weight excluding hydrogens is 383 g/mol. The minimum Gasteiger partial charge on any atom is -0.340 e. The van der Waals surface area contributed by atoms with Crippen molar-refractivity contribution in [1.82, 2.24) is 15.5 Å². The van der Waals surface area contributed by atoms with E-state index in [4.69, 9.17) is 5.73 Å². The maximum atomic E-state index is 12.9. The number of nitrogens with two attached hydrogens (primary N) is 1. The summed E-state index contributed by atoms with van der Waals surface area (Å²) in [6.45, 7) is 1.48. The van der Waals surface area contributed by atoms with Crippen LogP contribution in [0, 0.1) is 5.82 Å². The van der Waals surface area contributed by atoms with E-state index < -0.39 is 6.03 Å². The van der Waals surface area contributed by atoms with Gasteiger partial charge in [0.2, 0.25) is 5.91 Å². The van der Waals surface area contributed by atoms with Crippen molar-refractivity contribution in [2.45, 2.75) is 13.0 Å². The van der Waals surface area contributed by atoms with Gasteiger partial charge in [-0.1, -0.05) is 42.5 Å². The monoisotopic (exact) mass is 408 g/mol. The third kappa shape index (κ3) is 8.37. The summed E-state index contributed by atoms with van der Waals surface area (Å²) in [5.41, 5.74) is 7.50.